The topological polar surface area (TPSA) is 67.1 Å². The standard InChI is InChI=1S/C14H27N5/c1-10(2)7-8-19(6)12-9-11(18-15)16-13(17-12)14(3,4)5/h9-10H,7-8,15H2,1-6H3,(H,16,17,18). The fraction of sp³-hybridized carbons (Fsp3) is 0.714. The van der Waals surface area contributed by atoms with Crippen molar-refractivity contribution >= 4 is 11.6 Å². The van der Waals surface area contributed by atoms with Crippen LogP contribution in [0.5, 0.6) is 0 Å². The number of anilines is 2. The first-order valence-electron chi connectivity index (χ1n) is 6.81. The fourth-order valence-electron chi connectivity index (χ4n) is 1.61. The normalized spacial score (nSPS) is 11.8. The molecular formula is C14H27N5. The van der Waals surface area contributed by atoms with Crippen molar-refractivity contribution in [3.05, 3.63) is 11.9 Å². The van der Waals surface area contributed by atoms with Gasteiger partial charge in [0, 0.05) is 25.1 Å². The van der Waals surface area contributed by atoms with E-state index in [4.69, 9.17) is 5.84 Å². The van der Waals surface area contributed by atoms with Crippen molar-refractivity contribution in [2.45, 2.75) is 46.5 Å². The second-order valence-corrected chi connectivity index (χ2v) is 6.43. The molecule has 0 fully saturated rings. The number of nitrogens with one attached hydrogen (secondary N) is 1. The zero-order chi connectivity index (χ0) is 14.6. The summed E-state index contributed by atoms with van der Waals surface area (Å²) in [6.45, 7) is 11.7. The Balaban J connectivity index is 2.99. The third kappa shape index (κ3) is 4.67. The van der Waals surface area contributed by atoms with Crippen LogP contribution >= 0.6 is 0 Å². The van der Waals surface area contributed by atoms with Gasteiger partial charge in [-0.3, -0.25) is 0 Å². The van der Waals surface area contributed by atoms with Crippen molar-refractivity contribution in [1.82, 2.24) is 9.97 Å². The van der Waals surface area contributed by atoms with E-state index in [1.807, 2.05) is 6.07 Å². The Hall–Kier alpha value is -1.36. The van der Waals surface area contributed by atoms with Crippen molar-refractivity contribution in [2.75, 3.05) is 23.9 Å². The molecule has 108 valence electrons. The van der Waals surface area contributed by atoms with Crippen LogP contribution in [0, 0.1) is 5.92 Å². The summed E-state index contributed by atoms with van der Waals surface area (Å²) in [5, 5.41) is 0. The molecular weight excluding hydrogens is 238 g/mol. The molecule has 0 spiro atoms. The molecule has 0 atom stereocenters. The highest BCUT2D eigenvalue weighted by Crippen LogP contribution is 2.23. The summed E-state index contributed by atoms with van der Waals surface area (Å²) in [5.41, 5.74) is 2.53. The summed E-state index contributed by atoms with van der Waals surface area (Å²) in [6.07, 6.45) is 1.14. The predicted molar refractivity (Wildman–Crippen MR) is 81.3 cm³/mol. The van der Waals surface area contributed by atoms with Crippen molar-refractivity contribution in [3.8, 4) is 0 Å². The summed E-state index contributed by atoms with van der Waals surface area (Å²) in [5.74, 6) is 8.54. The molecule has 1 heterocycles. The van der Waals surface area contributed by atoms with Gasteiger partial charge >= 0.3 is 0 Å². The number of nitrogens with two attached hydrogens (primary N) is 1. The molecule has 5 nitrogen and oxygen atoms in total. The minimum Gasteiger partial charge on any atom is -0.359 e. The molecule has 0 unspecified atom stereocenters. The maximum absolute atomic E-state index is 5.49. The Morgan fingerprint density at radius 1 is 1.32 bits per heavy atom. The first-order valence-corrected chi connectivity index (χ1v) is 6.81. The van der Waals surface area contributed by atoms with Crippen LogP contribution in [0.25, 0.3) is 0 Å². The van der Waals surface area contributed by atoms with Gasteiger partial charge < -0.3 is 10.3 Å². The van der Waals surface area contributed by atoms with Crippen LogP contribution in [-0.4, -0.2) is 23.6 Å². The average Bonchev–Trinajstić information content (AvgIpc) is 2.34. The number of hydrogen-bond acceptors (Lipinski definition) is 5. The average molecular weight is 265 g/mol. The van der Waals surface area contributed by atoms with Crippen LogP contribution < -0.4 is 16.2 Å². The maximum Gasteiger partial charge on any atom is 0.145 e. The number of nitrogen functional groups attached to an aromatic ring is 1. The summed E-state index contributed by atoms with van der Waals surface area (Å²) in [6, 6.07) is 1.88. The summed E-state index contributed by atoms with van der Waals surface area (Å²) in [4.78, 5) is 11.2. The molecule has 0 saturated carbocycles. The molecule has 1 rings (SSSR count). The molecule has 5 heteroatoms. The molecule has 0 amide bonds. The number of hydrazine groups is 1. The molecule has 3 N–H and O–H groups in total. The van der Waals surface area contributed by atoms with Crippen LogP contribution in [-0.2, 0) is 5.41 Å². The highest BCUT2D eigenvalue weighted by atomic mass is 15.3. The summed E-state index contributed by atoms with van der Waals surface area (Å²) >= 11 is 0. The third-order valence-electron chi connectivity index (χ3n) is 2.96. The van der Waals surface area contributed by atoms with E-state index in [2.05, 4.69) is 62.0 Å². The van der Waals surface area contributed by atoms with Gasteiger partial charge in [-0.2, -0.15) is 0 Å². The molecule has 1 aromatic heterocycles. The lowest BCUT2D eigenvalue weighted by Gasteiger charge is -2.23. The van der Waals surface area contributed by atoms with Gasteiger partial charge in [-0.05, 0) is 12.3 Å². The smallest absolute Gasteiger partial charge is 0.145 e. The van der Waals surface area contributed by atoms with Gasteiger partial charge in [-0.15, -0.1) is 0 Å². The first kappa shape index (κ1) is 15.7. The molecule has 0 saturated heterocycles. The van der Waals surface area contributed by atoms with Gasteiger partial charge in [0.1, 0.15) is 17.5 Å². The van der Waals surface area contributed by atoms with E-state index in [0.29, 0.717) is 11.7 Å². The van der Waals surface area contributed by atoms with Gasteiger partial charge in [0.25, 0.3) is 0 Å². The van der Waals surface area contributed by atoms with E-state index in [1.165, 1.54) is 0 Å². The zero-order valence-corrected chi connectivity index (χ0v) is 13.0. The van der Waals surface area contributed by atoms with E-state index >= 15 is 0 Å². The largest absolute Gasteiger partial charge is 0.359 e. The lowest BCUT2D eigenvalue weighted by Crippen LogP contribution is -2.25. The Morgan fingerprint density at radius 2 is 1.95 bits per heavy atom. The Morgan fingerprint density at radius 3 is 2.42 bits per heavy atom. The van der Waals surface area contributed by atoms with E-state index < -0.39 is 0 Å². The highest BCUT2D eigenvalue weighted by molar-refractivity contribution is 5.48. The lowest BCUT2D eigenvalue weighted by atomic mass is 9.96. The molecule has 0 aliphatic heterocycles. The molecule has 0 radical (unpaired) electrons. The van der Waals surface area contributed by atoms with Gasteiger partial charge in [-0.25, -0.2) is 15.8 Å². The molecule has 0 aliphatic carbocycles. The summed E-state index contributed by atoms with van der Waals surface area (Å²) < 4.78 is 0. The minimum atomic E-state index is -0.0967. The molecule has 1 aromatic rings. The maximum atomic E-state index is 5.49. The van der Waals surface area contributed by atoms with Crippen molar-refractivity contribution in [1.29, 1.82) is 0 Å². The third-order valence-corrected chi connectivity index (χ3v) is 2.96. The second kappa shape index (κ2) is 6.19. The minimum absolute atomic E-state index is 0.0967. The van der Waals surface area contributed by atoms with Crippen LogP contribution in [0.3, 0.4) is 0 Å². The summed E-state index contributed by atoms with van der Waals surface area (Å²) in [7, 11) is 2.05. The lowest BCUT2D eigenvalue weighted by molar-refractivity contribution is 0.542. The monoisotopic (exact) mass is 265 g/mol. The van der Waals surface area contributed by atoms with Gasteiger partial charge in [0.05, 0.1) is 0 Å². The van der Waals surface area contributed by atoms with E-state index in [-0.39, 0.29) is 5.41 Å². The molecule has 0 aromatic carbocycles. The van der Waals surface area contributed by atoms with Crippen molar-refractivity contribution in [3.63, 3.8) is 0 Å². The Labute approximate surface area is 116 Å². The quantitative estimate of drug-likeness (QED) is 0.632. The van der Waals surface area contributed by atoms with E-state index in [9.17, 15) is 0 Å². The van der Waals surface area contributed by atoms with Crippen molar-refractivity contribution in [2.24, 2.45) is 11.8 Å². The number of rotatable bonds is 5. The van der Waals surface area contributed by atoms with Crippen LogP contribution in [0.2, 0.25) is 0 Å². The second-order valence-electron chi connectivity index (χ2n) is 6.43. The number of nitrogens with zero attached hydrogens (tertiary/aromatic N) is 3. The predicted octanol–water partition coefficient (Wildman–Crippen LogP) is 2.54. The fourth-order valence-corrected chi connectivity index (χ4v) is 1.61. The van der Waals surface area contributed by atoms with Gasteiger partial charge in [0.15, 0.2) is 0 Å². The van der Waals surface area contributed by atoms with Crippen molar-refractivity contribution < 1.29 is 0 Å². The number of hydrogen-bond donors (Lipinski definition) is 2. The number of aromatic nitrogens is 2. The first-order chi connectivity index (χ1) is 8.74. The van der Waals surface area contributed by atoms with Crippen LogP contribution in [0.15, 0.2) is 6.07 Å². The van der Waals surface area contributed by atoms with Crippen LogP contribution in [0.4, 0.5) is 11.6 Å². The van der Waals surface area contributed by atoms with Gasteiger partial charge in [-0.1, -0.05) is 34.6 Å². The van der Waals surface area contributed by atoms with E-state index in [0.717, 1.165) is 24.6 Å². The Bertz CT molecular complexity index is 409. The molecule has 19 heavy (non-hydrogen) atoms. The zero-order valence-electron chi connectivity index (χ0n) is 13.0. The van der Waals surface area contributed by atoms with Gasteiger partial charge in [0.2, 0.25) is 0 Å². The molecule has 0 aliphatic rings. The SMILES string of the molecule is CC(C)CCN(C)c1cc(NN)nc(C(C)(C)C)n1. The van der Waals surface area contributed by atoms with Crippen LogP contribution in [0.1, 0.15) is 46.9 Å². The molecule has 0 bridgehead atoms. The van der Waals surface area contributed by atoms with E-state index in [1.54, 1.807) is 0 Å². The Kier molecular flexibility index (Phi) is 5.11. The highest BCUT2D eigenvalue weighted by Gasteiger charge is 2.20.